The second-order valence-corrected chi connectivity index (χ2v) is 6.70. The van der Waals surface area contributed by atoms with Crippen molar-refractivity contribution >= 4 is 0 Å². The summed E-state index contributed by atoms with van der Waals surface area (Å²) in [5, 5.41) is 12.7. The van der Waals surface area contributed by atoms with Crippen molar-refractivity contribution in [2.24, 2.45) is 11.3 Å². The maximum Gasteiger partial charge on any atom is 0.0558 e. The molecule has 1 fully saturated rings. The number of aliphatic hydroxyl groups is 1. The van der Waals surface area contributed by atoms with Gasteiger partial charge in [0.05, 0.1) is 6.61 Å². The molecule has 1 saturated carbocycles. The molecule has 3 heteroatoms. The summed E-state index contributed by atoms with van der Waals surface area (Å²) >= 11 is 0. The SMILES string of the molecule is CC1CCCC(CNC(C)C)(CN(C)CCO)C1. The van der Waals surface area contributed by atoms with Crippen LogP contribution in [0, 0.1) is 11.3 Å². The third-order valence-electron chi connectivity index (χ3n) is 4.16. The highest BCUT2D eigenvalue weighted by Gasteiger charge is 2.35. The Morgan fingerprint density at radius 3 is 2.72 bits per heavy atom. The maximum absolute atomic E-state index is 9.06. The van der Waals surface area contributed by atoms with E-state index < -0.39 is 0 Å². The fourth-order valence-electron chi connectivity index (χ4n) is 3.37. The van der Waals surface area contributed by atoms with Gasteiger partial charge in [0.25, 0.3) is 0 Å². The summed E-state index contributed by atoms with van der Waals surface area (Å²) < 4.78 is 0. The van der Waals surface area contributed by atoms with Gasteiger partial charge in [-0.15, -0.1) is 0 Å². The van der Waals surface area contributed by atoms with Crippen molar-refractivity contribution < 1.29 is 5.11 Å². The number of rotatable bonds is 7. The van der Waals surface area contributed by atoms with E-state index in [1.165, 1.54) is 25.7 Å². The molecule has 0 bridgehead atoms. The largest absolute Gasteiger partial charge is 0.395 e. The number of nitrogens with one attached hydrogen (secondary N) is 1. The predicted octanol–water partition coefficient (Wildman–Crippen LogP) is 2.10. The lowest BCUT2D eigenvalue weighted by molar-refractivity contribution is 0.0815. The van der Waals surface area contributed by atoms with E-state index in [1.807, 2.05) is 0 Å². The van der Waals surface area contributed by atoms with E-state index >= 15 is 0 Å². The van der Waals surface area contributed by atoms with Crippen LogP contribution in [0.25, 0.3) is 0 Å². The molecule has 0 heterocycles. The van der Waals surface area contributed by atoms with Gasteiger partial charge < -0.3 is 15.3 Å². The van der Waals surface area contributed by atoms with Gasteiger partial charge in [-0.3, -0.25) is 0 Å². The topological polar surface area (TPSA) is 35.5 Å². The number of hydrogen-bond donors (Lipinski definition) is 2. The van der Waals surface area contributed by atoms with Crippen LogP contribution in [-0.4, -0.2) is 49.3 Å². The van der Waals surface area contributed by atoms with Crippen LogP contribution in [0.2, 0.25) is 0 Å². The molecule has 2 atom stereocenters. The van der Waals surface area contributed by atoms with Gasteiger partial charge in [-0.1, -0.05) is 33.6 Å². The Labute approximate surface area is 113 Å². The first kappa shape index (κ1) is 15.9. The maximum atomic E-state index is 9.06. The highest BCUT2D eigenvalue weighted by Crippen LogP contribution is 2.39. The summed E-state index contributed by atoms with van der Waals surface area (Å²) in [5.74, 6) is 0.843. The highest BCUT2D eigenvalue weighted by atomic mass is 16.3. The smallest absolute Gasteiger partial charge is 0.0558 e. The summed E-state index contributed by atoms with van der Waals surface area (Å²) in [5.41, 5.74) is 0.409. The van der Waals surface area contributed by atoms with E-state index in [-0.39, 0.29) is 6.61 Å². The molecule has 2 unspecified atom stereocenters. The van der Waals surface area contributed by atoms with Gasteiger partial charge in [0.2, 0.25) is 0 Å². The molecule has 0 aromatic carbocycles. The molecule has 0 spiro atoms. The van der Waals surface area contributed by atoms with Crippen LogP contribution in [-0.2, 0) is 0 Å². The zero-order valence-electron chi connectivity index (χ0n) is 12.7. The molecule has 0 aliphatic heterocycles. The molecule has 18 heavy (non-hydrogen) atoms. The Kier molecular flexibility index (Phi) is 6.61. The fourth-order valence-corrected chi connectivity index (χ4v) is 3.37. The Hall–Kier alpha value is -0.120. The lowest BCUT2D eigenvalue weighted by Crippen LogP contribution is -2.47. The number of nitrogens with zero attached hydrogens (tertiary/aromatic N) is 1. The molecular formula is C15H32N2O. The predicted molar refractivity (Wildman–Crippen MR) is 77.8 cm³/mol. The monoisotopic (exact) mass is 256 g/mol. The highest BCUT2D eigenvalue weighted by molar-refractivity contribution is 4.89. The van der Waals surface area contributed by atoms with Gasteiger partial charge in [-0.05, 0) is 31.2 Å². The molecule has 1 rings (SSSR count). The van der Waals surface area contributed by atoms with Crippen LogP contribution in [0.3, 0.4) is 0 Å². The lowest BCUT2D eigenvalue weighted by atomic mass is 9.69. The fraction of sp³-hybridized carbons (Fsp3) is 1.00. The standard InChI is InChI=1S/C15H32N2O/c1-13(2)16-11-15(12-17(4)8-9-18)7-5-6-14(3)10-15/h13-14,16,18H,5-12H2,1-4H3. The lowest BCUT2D eigenvalue weighted by Gasteiger charge is -2.43. The van der Waals surface area contributed by atoms with E-state index in [0.717, 1.165) is 25.6 Å². The Morgan fingerprint density at radius 1 is 1.44 bits per heavy atom. The molecule has 1 aliphatic rings. The zero-order chi connectivity index (χ0) is 13.6. The first-order chi connectivity index (χ1) is 8.47. The average Bonchev–Trinajstić information content (AvgIpc) is 2.26. The number of hydrogen-bond acceptors (Lipinski definition) is 3. The van der Waals surface area contributed by atoms with Crippen molar-refractivity contribution in [3.63, 3.8) is 0 Å². The normalized spacial score (nSPS) is 29.2. The van der Waals surface area contributed by atoms with Crippen molar-refractivity contribution in [2.45, 2.75) is 52.5 Å². The van der Waals surface area contributed by atoms with E-state index in [1.54, 1.807) is 0 Å². The van der Waals surface area contributed by atoms with Gasteiger partial charge >= 0.3 is 0 Å². The molecule has 0 amide bonds. The van der Waals surface area contributed by atoms with Gasteiger partial charge in [0.15, 0.2) is 0 Å². The first-order valence-corrected chi connectivity index (χ1v) is 7.50. The molecule has 1 aliphatic carbocycles. The molecule has 0 saturated heterocycles. The van der Waals surface area contributed by atoms with Crippen LogP contribution in [0.15, 0.2) is 0 Å². The third kappa shape index (κ3) is 5.25. The van der Waals surface area contributed by atoms with Crippen molar-refractivity contribution in [3.05, 3.63) is 0 Å². The van der Waals surface area contributed by atoms with Gasteiger partial charge in [0, 0.05) is 25.7 Å². The van der Waals surface area contributed by atoms with E-state index in [2.05, 4.69) is 38.0 Å². The van der Waals surface area contributed by atoms with E-state index in [9.17, 15) is 0 Å². The summed E-state index contributed by atoms with van der Waals surface area (Å²) in [6.07, 6.45) is 5.39. The number of likely N-dealkylation sites (N-methyl/N-ethyl adjacent to an activating group) is 1. The molecule has 0 radical (unpaired) electrons. The molecule has 2 N–H and O–H groups in total. The molecule has 108 valence electrons. The summed E-state index contributed by atoms with van der Waals surface area (Å²) in [6.45, 7) is 10.1. The van der Waals surface area contributed by atoms with Gasteiger partial charge in [-0.25, -0.2) is 0 Å². The van der Waals surface area contributed by atoms with Gasteiger partial charge in [0.1, 0.15) is 0 Å². The minimum absolute atomic E-state index is 0.264. The minimum atomic E-state index is 0.264. The summed E-state index contributed by atoms with van der Waals surface area (Å²) in [4.78, 5) is 2.29. The van der Waals surface area contributed by atoms with Crippen molar-refractivity contribution in [3.8, 4) is 0 Å². The Bertz CT molecular complexity index is 233. The van der Waals surface area contributed by atoms with Crippen LogP contribution in [0.1, 0.15) is 46.5 Å². The Morgan fingerprint density at radius 2 is 2.17 bits per heavy atom. The average molecular weight is 256 g/mol. The summed E-state index contributed by atoms with van der Waals surface area (Å²) in [7, 11) is 2.13. The van der Waals surface area contributed by atoms with Crippen LogP contribution in [0.4, 0.5) is 0 Å². The van der Waals surface area contributed by atoms with E-state index in [4.69, 9.17) is 5.11 Å². The summed E-state index contributed by atoms with van der Waals surface area (Å²) in [6, 6.07) is 0.558. The first-order valence-electron chi connectivity index (χ1n) is 7.50. The molecule has 0 aromatic rings. The molecule has 0 aromatic heterocycles. The quantitative estimate of drug-likeness (QED) is 0.732. The van der Waals surface area contributed by atoms with Crippen LogP contribution < -0.4 is 5.32 Å². The van der Waals surface area contributed by atoms with Gasteiger partial charge in [-0.2, -0.15) is 0 Å². The third-order valence-corrected chi connectivity index (χ3v) is 4.16. The number of aliphatic hydroxyl groups excluding tert-OH is 1. The molecular weight excluding hydrogens is 224 g/mol. The second kappa shape index (κ2) is 7.46. The Balaban J connectivity index is 2.60. The van der Waals surface area contributed by atoms with Crippen molar-refractivity contribution in [1.82, 2.24) is 10.2 Å². The van der Waals surface area contributed by atoms with Crippen molar-refractivity contribution in [1.29, 1.82) is 0 Å². The zero-order valence-corrected chi connectivity index (χ0v) is 12.7. The second-order valence-electron chi connectivity index (χ2n) is 6.70. The van der Waals surface area contributed by atoms with E-state index in [0.29, 0.717) is 11.5 Å². The minimum Gasteiger partial charge on any atom is -0.395 e. The molecule has 3 nitrogen and oxygen atoms in total. The van der Waals surface area contributed by atoms with Crippen LogP contribution in [0.5, 0.6) is 0 Å². The van der Waals surface area contributed by atoms with Crippen LogP contribution >= 0.6 is 0 Å². The van der Waals surface area contributed by atoms with Crippen molar-refractivity contribution in [2.75, 3.05) is 33.3 Å².